The highest BCUT2D eigenvalue weighted by molar-refractivity contribution is 6.35. The molecule has 4 atom stereocenters. The number of halogens is 2. The van der Waals surface area contributed by atoms with E-state index in [0.717, 1.165) is 62.3 Å². The van der Waals surface area contributed by atoms with Crippen molar-refractivity contribution in [2.75, 3.05) is 32.8 Å². The van der Waals surface area contributed by atoms with E-state index in [1.807, 2.05) is 18.2 Å². The SMILES string of the molecule is Clc1ccc(CN(C[C@@H]2CCNC2)C2CCOC2)c(Cl)c1.O=C(O)C(O)C(O)C(=O)O. The van der Waals surface area contributed by atoms with Gasteiger partial charge in [0.1, 0.15) is 0 Å². The van der Waals surface area contributed by atoms with Gasteiger partial charge in [-0.2, -0.15) is 0 Å². The number of nitrogens with zero attached hydrogens (tertiary/aromatic N) is 1. The van der Waals surface area contributed by atoms with Crippen molar-refractivity contribution < 1.29 is 34.8 Å². The number of carboxylic acids is 2. The number of aliphatic hydroxyl groups is 2. The van der Waals surface area contributed by atoms with Gasteiger partial charge in [-0.25, -0.2) is 9.59 Å². The monoisotopic (exact) mass is 478 g/mol. The van der Waals surface area contributed by atoms with Crippen LogP contribution in [0.3, 0.4) is 0 Å². The fourth-order valence-electron chi connectivity index (χ4n) is 3.49. The van der Waals surface area contributed by atoms with Crippen molar-refractivity contribution in [1.82, 2.24) is 10.2 Å². The lowest BCUT2D eigenvalue weighted by Gasteiger charge is -2.30. The lowest BCUT2D eigenvalue weighted by molar-refractivity contribution is -0.165. The average molecular weight is 479 g/mol. The molecule has 2 aliphatic rings. The van der Waals surface area contributed by atoms with Crippen molar-refractivity contribution in [3.63, 3.8) is 0 Å². The predicted molar refractivity (Wildman–Crippen MR) is 114 cm³/mol. The second-order valence-electron chi connectivity index (χ2n) is 7.61. The highest BCUT2D eigenvalue weighted by Crippen LogP contribution is 2.25. The van der Waals surface area contributed by atoms with Crippen molar-refractivity contribution in [3.8, 4) is 0 Å². The van der Waals surface area contributed by atoms with Crippen LogP contribution in [-0.2, 0) is 20.9 Å². The summed E-state index contributed by atoms with van der Waals surface area (Å²) in [4.78, 5) is 22.1. The quantitative estimate of drug-likeness (QED) is 0.371. The van der Waals surface area contributed by atoms with Gasteiger partial charge in [0.15, 0.2) is 12.2 Å². The molecule has 0 aliphatic carbocycles. The minimum atomic E-state index is -2.27. The van der Waals surface area contributed by atoms with E-state index in [1.54, 1.807) is 0 Å². The first-order valence-electron chi connectivity index (χ1n) is 9.97. The fourth-order valence-corrected chi connectivity index (χ4v) is 3.96. The predicted octanol–water partition coefficient (Wildman–Crippen LogP) is 1.07. The van der Waals surface area contributed by atoms with Gasteiger partial charge in [-0.1, -0.05) is 29.3 Å². The zero-order chi connectivity index (χ0) is 23.0. The van der Waals surface area contributed by atoms with E-state index in [4.69, 9.17) is 48.4 Å². The van der Waals surface area contributed by atoms with Crippen molar-refractivity contribution in [2.45, 2.75) is 37.6 Å². The van der Waals surface area contributed by atoms with E-state index < -0.39 is 24.1 Å². The molecule has 0 radical (unpaired) electrons. The second kappa shape index (κ2) is 12.5. The second-order valence-corrected chi connectivity index (χ2v) is 8.45. The van der Waals surface area contributed by atoms with Crippen LogP contribution in [0.2, 0.25) is 10.0 Å². The molecule has 0 spiro atoms. The maximum atomic E-state index is 9.77. The maximum Gasteiger partial charge on any atom is 0.335 e. The van der Waals surface area contributed by atoms with Crippen LogP contribution in [0.25, 0.3) is 0 Å². The number of rotatable bonds is 8. The molecule has 2 saturated heterocycles. The van der Waals surface area contributed by atoms with Gasteiger partial charge in [0.25, 0.3) is 0 Å². The summed E-state index contributed by atoms with van der Waals surface area (Å²) in [6, 6.07) is 6.31. The van der Waals surface area contributed by atoms with Gasteiger partial charge in [0, 0.05) is 35.8 Å². The summed E-state index contributed by atoms with van der Waals surface area (Å²) in [5, 5.41) is 37.4. The summed E-state index contributed by atoms with van der Waals surface area (Å²) in [5.74, 6) is -2.80. The molecule has 0 aromatic heterocycles. The number of hydrogen-bond acceptors (Lipinski definition) is 7. The van der Waals surface area contributed by atoms with Gasteiger partial charge < -0.3 is 30.5 Å². The summed E-state index contributed by atoms with van der Waals surface area (Å²) in [6.45, 7) is 5.96. The Morgan fingerprint density at radius 3 is 2.32 bits per heavy atom. The standard InChI is InChI=1S/C16H22Cl2N2O.C4H6O6/c17-14-2-1-13(16(18)7-14)10-20(15-4-6-21-11-15)9-12-3-5-19-8-12;5-1(3(7)8)2(6)4(9)10/h1-2,7,12,15,19H,3-6,8-11H2;1-2,5-6H,(H,7,8)(H,9,10)/t12-,15?;/m1./s1. The topological polar surface area (TPSA) is 140 Å². The third kappa shape index (κ3) is 8.19. The zero-order valence-electron chi connectivity index (χ0n) is 16.9. The molecule has 3 unspecified atom stereocenters. The summed E-state index contributed by atoms with van der Waals surface area (Å²) in [5.41, 5.74) is 1.15. The Kier molecular flexibility index (Phi) is 10.4. The number of hydrogen-bond donors (Lipinski definition) is 5. The number of aliphatic hydroxyl groups excluding tert-OH is 2. The molecule has 11 heteroatoms. The molecule has 0 bridgehead atoms. The number of benzene rings is 1. The minimum Gasteiger partial charge on any atom is -0.479 e. The van der Waals surface area contributed by atoms with Crippen LogP contribution in [0.15, 0.2) is 18.2 Å². The van der Waals surface area contributed by atoms with Crippen LogP contribution in [-0.4, -0.2) is 88.4 Å². The normalized spacial score (nSPS) is 22.6. The Bertz CT molecular complexity index is 722. The van der Waals surface area contributed by atoms with Gasteiger partial charge >= 0.3 is 11.9 Å². The van der Waals surface area contributed by atoms with Crippen LogP contribution in [0.5, 0.6) is 0 Å². The third-order valence-corrected chi connectivity index (χ3v) is 5.86. The molecule has 2 aliphatic heterocycles. The number of ether oxygens (including phenoxy) is 1. The van der Waals surface area contributed by atoms with Gasteiger partial charge in [0.2, 0.25) is 0 Å². The molecule has 174 valence electrons. The molecule has 3 rings (SSSR count). The molecule has 1 aromatic carbocycles. The largest absolute Gasteiger partial charge is 0.479 e. The first kappa shape index (κ1) is 25.8. The lowest BCUT2D eigenvalue weighted by Crippen LogP contribution is -2.39. The molecule has 0 amide bonds. The summed E-state index contributed by atoms with van der Waals surface area (Å²) in [7, 11) is 0. The Labute approximate surface area is 190 Å². The van der Waals surface area contributed by atoms with Crippen LogP contribution in [0, 0.1) is 5.92 Å². The average Bonchev–Trinajstić information content (AvgIpc) is 3.42. The highest BCUT2D eigenvalue weighted by atomic mass is 35.5. The molecular formula is C20H28Cl2N2O7. The maximum absolute atomic E-state index is 9.77. The molecular weight excluding hydrogens is 451 g/mol. The molecule has 1 aromatic rings. The third-order valence-electron chi connectivity index (χ3n) is 5.27. The summed E-state index contributed by atoms with van der Waals surface area (Å²) in [6.07, 6.45) is -2.15. The Morgan fingerprint density at radius 1 is 1.16 bits per heavy atom. The molecule has 31 heavy (non-hydrogen) atoms. The molecule has 9 nitrogen and oxygen atoms in total. The van der Waals surface area contributed by atoms with Crippen LogP contribution < -0.4 is 5.32 Å². The summed E-state index contributed by atoms with van der Waals surface area (Å²) >= 11 is 12.3. The fraction of sp³-hybridized carbons (Fsp3) is 0.600. The van der Waals surface area contributed by atoms with E-state index in [-0.39, 0.29) is 0 Å². The smallest absolute Gasteiger partial charge is 0.335 e. The van der Waals surface area contributed by atoms with E-state index in [0.29, 0.717) is 11.1 Å². The van der Waals surface area contributed by atoms with Crippen molar-refractivity contribution in [3.05, 3.63) is 33.8 Å². The van der Waals surface area contributed by atoms with E-state index in [9.17, 15) is 9.59 Å². The Hall–Kier alpha value is -1.46. The Balaban J connectivity index is 0.000000291. The van der Waals surface area contributed by atoms with Crippen molar-refractivity contribution in [2.24, 2.45) is 5.92 Å². The number of nitrogens with one attached hydrogen (secondary N) is 1. The van der Waals surface area contributed by atoms with Crippen LogP contribution in [0.1, 0.15) is 18.4 Å². The first-order valence-corrected chi connectivity index (χ1v) is 10.7. The summed E-state index contributed by atoms with van der Waals surface area (Å²) < 4.78 is 5.58. The van der Waals surface area contributed by atoms with Gasteiger partial charge in [-0.3, -0.25) is 4.90 Å². The first-order chi connectivity index (χ1) is 14.7. The van der Waals surface area contributed by atoms with Crippen molar-refractivity contribution in [1.29, 1.82) is 0 Å². The number of aliphatic carboxylic acids is 2. The van der Waals surface area contributed by atoms with Crippen LogP contribution in [0.4, 0.5) is 0 Å². The molecule has 0 saturated carbocycles. The highest BCUT2D eigenvalue weighted by Gasteiger charge is 2.29. The minimum absolute atomic E-state index is 0.511. The van der Waals surface area contributed by atoms with Crippen molar-refractivity contribution >= 4 is 35.1 Å². The molecule has 2 heterocycles. The zero-order valence-corrected chi connectivity index (χ0v) is 18.4. The number of carboxylic acid groups (broad SMARTS) is 2. The molecule has 5 N–H and O–H groups in total. The van der Waals surface area contributed by atoms with E-state index in [1.165, 1.54) is 6.42 Å². The number of carbonyl (C=O) groups is 2. The van der Waals surface area contributed by atoms with E-state index >= 15 is 0 Å². The lowest BCUT2D eigenvalue weighted by atomic mass is 10.1. The van der Waals surface area contributed by atoms with E-state index in [2.05, 4.69) is 10.2 Å². The molecule has 2 fully saturated rings. The van der Waals surface area contributed by atoms with Gasteiger partial charge in [0.05, 0.1) is 6.61 Å². The Morgan fingerprint density at radius 2 is 1.84 bits per heavy atom. The van der Waals surface area contributed by atoms with Gasteiger partial charge in [-0.15, -0.1) is 0 Å². The van der Waals surface area contributed by atoms with Gasteiger partial charge in [-0.05, 0) is 49.5 Å². The van der Waals surface area contributed by atoms with Crippen LogP contribution >= 0.6 is 23.2 Å².